The van der Waals surface area contributed by atoms with Crippen molar-refractivity contribution in [1.29, 1.82) is 0 Å². The highest BCUT2D eigenvalue weighted by atomic mass is 35.5. The van der Waals surface area contributed by atoms with E-state index in [1.807, 2.05) is 31.2 Å². The SMILES string of the molecule is COc1ccc(CCC(N)c2cccc(Cl)c2C)cc1. The number of halogens is 1. The standard InChI is InChI=1S/C17H20ClNO/c1-12-15(4-3-5-16(12)18)17(19)11-8-13-6-9-14(20-2)10-7-13/h3-7,9-10,17H,8,11,19H2,1-2H3. The predicted octanol–water partition coefficient (Wildman–Crippen LogP) is 4.29. The second-order valence-electron chi connectivity index (χ2n) is 4.95. The van der Waals surface area contributed by atoms with Crippen molar-refractivity contribution in [3.05, 3.63) is 64.2 Å². The summed E-state index contributed by atoms with van der Waals surface area (Å²) in [5.41, 5.74) is 9.76. The Morgan fingerprint density at radius 1 is 1.15 bits per heavy atom. The van der Waals surface area contributed by atoms with Gasteiger partial charge in [0.25, 0.3) is 0 Å². The lowest BCUT2D eigenvalue weighted by Crippen LogP contribution is -2.13. The summed E-state index contributed by atoms with van der Waals surface area (Å²) in [7, 11) is 1.67. The van der Waals surface area contributed by atoms with Gasteiger partial charge in [-0.3, -0.25) is 0 Å². The minimum Gasteiger partial charge on any atom is -0.497 e. The summed E-state index contributed by atoms with van der Waals surface area (Å²) in [5, 5.41) is 0.780. The van der Waals surface area contributed by atoms with Crippen molar-refractivity contribution >= 4 is 11.6 Å². The molecule has 2 N–H and O–H groups in total. The van der Waals surface area contributed by atoms with Gasteiger partial charge in [0.2, 0.25) is 0 Å². The van der Waals surface area contributed by atoms with Crippen LogP contribution in [0.3, 0.4) is 0 Å². The first-order valence-corrected chi connectivity index (χ1v) is 7.13. The first kappa shape index (κ1) is 14.9. The third-order valence-electron chi connectivity index (χ3n) is 3.61. The third kappa shape index (κ3) is 3.53. The van der Waals surface area contributed by atoms with Gasteiger partial charge in [-0.15, -0.1) is 0 Å². The summed E-state index contributed by atoms with van der Waals surface area (Å²) in [5.74, 6) is 0.878. The highest BCUT2D eigenvalue weighted by Gasteiger charge is 2.10. The maximum Gasteiger partial charge on any atom is 0.118 e. The minimum atomic E-state index is 0.0100. The topological polar surface area (TPSA) is 35.2 Å². The fraction of sp³-hybridized carbons (Fsp3) is 0.294. The Kier molecular flexibility index (Phi) is 5.05. The lowest BCUT2D eigenvalue weighted by atomic mass is 9.96. The van der Waals surface area contributed by atoms with E-state index in [1.165, 1.54) is 5.56 Å². The Morgan fingerprint density at radius 3 is 2.50 bits per heavy atom. The van der Waals surface area contributed by atoms with Gasteiger partial charge in [0.15, 0.2) is 0 Å². The van der Waals surface area contributed by atoms with Crippen LogP contribution in [0, 0.1) is 6.92 Å². The summed E-state index contributed by atoms with van der Waals surface area (Å²) in [6.07, 6.45) is 1.84. The summed E-state index contributed by atoms with van der Waals surface area (Å²) in [6.45, 7) is 2.02. The van der Waals surface area contributed by atoms with E-state index in [2.05, 4.69) is 18.2 Å². The maximum absolute atomic E-state index is 6.29. The quantitative estimate of drug-likeness (QED) is 0.891. The van der Waals surface area contributed by atoms with Gasteiger partial charge in [-0.1, -0.05) is 35.9 Å². The lowest BCUT2D eigenvalue weighted by molar-refractivity contribution is 0.414. The molecule has 1 atom stereocenters. The van der Waals surface area contributed by atoms with Gasteiger partial charge >= 0.3 is 0 Å². The number of methoxy groups -OCH3 is 1. The van der Waals surface area contributed by atoms with Gasteiger partial charge in [0.1, 0.15) is 5.75 Å². The van der Waals surface area contributed by atoms with Crippen molar-refractivity contribution in [2.45, 2.75) is 25.8 Å². The first-order valence-electron chi connectivity index (χ1n) is 6.75. The van der Waals surface area contributed by atoms with Crippen LogP contribution < -0.4 is 10.5 Å². The van der Waals surface area contributed by atoms with Crippen LogP contribution in [-0.2, 0) is 6.42 Å². The largest absolute Gasteiger partial charge is 0.497 e. The molecule has 0 spiro atoms. The molecule has 2 nitrogen and oxygen atoms in total. The Bertz CT molecular complexity index is 566. The highest BCUT2D eigenvalue weighted by Crippen LogP contribution is 2.25. The van der Waals surface area contributed by atoms with Crippen molar-refractivity contribution in [2.75, 3.05) is 7.11 Å². The Morgan fingerprint density at radius 2 is 1.85 bits per heavy atom. The van der Waals surface area contributed by atoms with Crippen LogP contribution in [0.15, 0.2) is 42.5 Å². The summed E-state index contributed by atoms with van der Waals surface area (Å²) in [6, 6.07) is 14.0. The van der Waals surface area contributed by atoms with Crippen LogP contribution in [0.25, 0.3) is 0 Å². The van der Waals surface area contributed by atoms with E-state index >= 15 is 0 Å². The van der Waals surface area contributed by atoms with Gasteiger partial charge in [0.05, 0.1) is 7.11 Å². The monoisotopic (exact) mass is 289 g/mol. The minimum absolute atomic E-state index is 0.0100. The molecule has 0 saturated heterocycles. The highest BCUT2D eigenvalue weighted by molar-refractivity contribution is 6.31. The van der Waals surface area contributed by atoms with E-state index in [4.69, 9.17) is 22.1 Å². The molecule has 2 rings (SSSR count). The molecule has 0 bridgehead atoms. The van der Waals surface area contributed by atoms with Gasteiger partial charge in [-0.05, 0) is 54.7 Å². The average molecular weight is 290 g/mol. The molecule has 106 valence electrons. The Hall–Kier alpha value is -1.51. The fourth-order valence-corrected chi connectivity index (χ4v) is 2.48. The summed E-state index contributed by atoms with van der Waals surface area (Å²) < 4.78 is 5.15. The molecular formula is C17H20ClNO. The smallest absolute Gasteiger partial charge is 0.118 e. The molecule has 0 fully saturated rings. The van der Waals surface area contributed by atoms with Crippen LogP contribution >= 0.6 is 11.6 Å². The van der Waals surface area contributed by atoms with Gasteiger partial charge < -0.3 is 10.5 Å². The van der Waals surface area contributed by atoms with E-state index in [0.717, 1.165) is 34.7 Å². The number of nitrogens with two attached hydrogens (primary N) is 1. The molecule has 3 heteroatoms. The fourth-order valence-electron chi connectivity index (χ4n) is 2.30. The molecule has 0 aliphatic carbocycles. The second-order valence-corrected chi connectivity index (χ2v) is 5.35. The molecule has 0 saturated carbocycles. The van der Waals surface area contributed by atoms with Gasteiger partial charge in [-0.2, -0.15) is 0 Å². The molecule has 0 amide bonds. The van der Waals surface area contributed by atoms with Crippen molar-refractivity contribution < 1.29 is 4.74 Å². The van der Waals surface area contributed by atoms with E-state index in [9.17, 15) is 0 Å². The van der Waals surface area contributed by atoms with Crippen LogP contribution in [0.1, 0.15) is 29.2 Å². The molecule has 0 aliphatic heterocycles. The van der Waals surface area contributed by atoms with Crippen molar-refractivity contribution in [3.63, 3.8) is 0 Å². The molecule has 20 heavy (non-hydrogen) atoms. The zero-order chi connectivity index (χ0) is 14.5. The van der Waals surface area contributed by atoms with E-state index < -0.39 is 0 Å². The van der Waals surface area contributed by atoms with Crippen LogP contribution in [-0.4, -0.2) is 7.11 Å². The lowest BCUT2D eigenvalue weighted by Gasteiger charge is -2.15. The zero-order valence-electron chi connectivity index (χ0n) is 11.9. The molecule has 0 aliphatic rings. The van der Waals surface area contributed by atoms with E-state index in [-0.39, 0.29) is 6.04 Å². The third-order valence-corrected chi connectivity index (χ3v) is 4.02. The molecular weight excluding hydrogens is 270 g/mol. The Labute approximate surface area is 125 Å². The molecule has 2 aromatic carbocycles. The number of hydrogen-bond donors (Lipinski definition) is 1. The van der Waals surface area contributed by atoms with Crippen molar-refractivity contribution in [1.82, 2.24) is 0 Å². The second kappa shape index (κ2) is 6.78. The number of hydrogen-bond acceptors (Lipinski definition) is 2. The van der Waals surface area contributed by atoms with Gasteiger partial charge in [-0.25, -0.2) is 0 Å². The predicted molar refractivity (Wildman–Crippen MR) is 84.4 cm³/mol. The molecule has 2 aromatic rings. The zero-order valence-corrected chi connectivity index (χ0v) is 12.7. The normalized spacial score (nSPS) is 12.2. The van der Waals surface area contributed by atoms with E-state index in [0.29, 0.717) is 0 Å². The maximum atomic E-state index is 6.29. The van der Waals surface area contributed by atoms with Crippen LogP contribution in [0.5, 0.6) is 5.75 Å². The van der Waals surface area contributed by atoms with Crippen LogP contribution in [0.4, 0.5) is 0 Å². The van der Waals surface area contributed by atoms with Gasteiger partial charge in [0, 0.05) is 11.1 Å². The van der Waals surface area contributed by atoms with Crippen molar-refractivity contribution in [2.24, 2.45) is 5.73 Å². The first-order chi connectivity index (χ1) is 9.61. The number of rotatable bonds is 5. The summed E-state index contributed by atoms with van der Waals surface area (Å²) >= 11 is 6.14. The van der Waals surface area contributed by atoms with Crippen molar-refractivity contribution in [3.8, 4) is 5.75 Å². The van der Waals surface area contributed by atoms with E-state index in [1.54, 1.807) is 7.11 Å². The average Bonchev–Trinajstić information content (AvgIpc) is 2.48. The number of benzene rings is 2. The molecule has 0 heterocycles. The molecule has 0 aromatic heterocycles. The molecule has 1 unspecified atom stereocenters. The number of aryl methyl sites for hydroxylation is 1. The number of ether oxygens (including phenoxy) is 1. The molecule has 0 radical (unpaired) electrons. The van der Waals surface area contributed by atoms with Crippen LogP contribution in [0.2, 0.25) is 5.02 Å². The summed E-state index contributed by atoms with van der Waals surface area (Å²) in [4.78, 5) is 0. The Balaban J connectivity index is 2.00.